The molecule has 0 aromatic heterocycles. The summed E-state index contributed by atoms with van der Waals surface area (Å²) in [5.41, 5.74) is 2.44. The Labute approximate surface area is 135 Å². The highest BCUT2D eigenvalue weighted by molar-refractivity contribution is 8.06. The summed E-state index contributed by atoms with van der Waals surface area (Å²) in [4.78, 5) is 14.5. The van der Waals surface area contributed by atoms with Crippen LogP contribution in [0.3, 0.4) is 0 Å². The molecule has 1 aromatic rings. The molecular weight excluding hydrogens is 300 g/mol. The summed E-state index contributed by atoms with van der Waals surface area (Å²) >= 11 is 4.02. The van der Waals surface area contributed by atoms with E-state index in [0.717, 1.165) is 12.3 Å². The predicted octanol–water partition coefficient (Wildman–Crippen LogP) is 2.66. The largest absolute Gasteiger partial charge is 0.320 e. The maximum Gasteiger partial charge on any atom is 0.241 e. The highest BCUT2D eigenvalue weighted by Gasteiger charge is 2.38. The maximum atomic E-state index is 12.5. The van der Waals surface area contributed by atoms with Gasteiger partial charge in [0.1, 0.15) is 6.17 Å². The third-order valence-electron chi connectivity index (χ3n) is 4.05. The summed E-state index contributed by atoms with van der Waals surface area (Å²) in [5, 5.41) is 4.00. The fourth-order valence-electron chi connectivity index (χ4n) is 2.86. The van der Waals surface area contributed by atoms with Crippen LogP contribution in [0.2, 0.25) is 0 Å². The lowest BCUT2D eigenvalue weighted by Crippen LogP contribution is -2.38. The van der Waals surface area contributed by atoms with Crippen LogP contribution in [-0.4, -0.2) is 45.9 Å². The monoisotopic (exact) mass is 322 g/mol. The molecule has 0 bridgehead atoms. The Morgan fingerprint density at radius 1 is 1.29 bits per heavy atom. The zero-order chi connectivity index (χ0) is 14.8. The molecule has 3 atom stereocenters. The lowest BCUT2D eigenvalue weighted by atomic mass is 10.1. The molecule has 1 amide bonds. The first-order valence-corrected chi connectivity index (χ1v) is 9.68. The minimum atomic E-state index is -0.0856. The average molecular weight is 322 g/mol. The van der Waals surface area contributed by atoms with Gasteiger partial charge in [0.2, 0.25) is 5.91 Å². The first kappa shape index (κ1) is 15.3. The molecule has 2 aliphatic heterocycles. The van der Waals surface area contributed by atoms with Gasteiger partial charge >= 0.3 is 0 Å². The fraction of sp³-hybridized carbons (Fsp3) is 0.562. The van der Waals surface area contributed by atoms with Crippen molar-refractivity contribution in [1.82, 2.24) is 10.2 Å². The Bertz CT molecular complexity index is 500. The quantitative estimate of drug-likeness (QED) is 0.927. The second-order valence-corrected chi connectivity index (χ2v) is 8.32. The van der Waals surface area contributed by atoms with Crippen molar-refractivity contribution in [3.63, 3.8) is 0 Å². The number of hydrogen-bond donors (Lipinski definition) is 1. The van der Waals surface area contributed by atoms with E-state index in [9.17, 15) is 4.79 Å². The molecule has 2 saturated heterocycles. The molecule has 3 rings (SSSR count). The van der Waals surface area contributed by atoms with Crippen LogP contribution in [0.1, 0.15) is 24.2 Å². The van der Waals surface area contributed by atoms with Crippen LogP contribution in [0.4, 0.5) is 0 Å². The van der Waals surface area contributed by atoms with Crippen molar-refractivity contribution in [3.8, 4) is 0 Å². The van der Waals surface area contributed by atoms with Crippen molar-refractivity contribution < 1.29 is 4.79 Å². The molecule has 1 aromatic carbocycles. The highest BCUT2D eigenvalue weighted by atomic mass is 32.2. The number of carbonyl (C=O) groups excluding carboxylic acids is 1. The van der Waals surface area contributed by atoms with Crippen molar-refractivity contribution in [3.05, 3.63) is 35.4 Å². The van der Waals surface area contributed by atoms with Gasteiger partial charge < -0.3 is 4.90 Å². The van der Waals surface area contributed by atoms with Crippen LogP contribution in [0.25, 0.3) is 0 Å². The third kappa shape index (κ3) is 3.41. The Morgan fingerprint density at radius 2 is 2.05 bits per heavy atom. The number of hydrogen-bond acceptors (Lipinski definition) is 4. The van der Waals surface area contributed by atoms with Crippen LogP contribution in [-0.2, 0) is 4.79 Å². The fourth-order valence-corrected chi connectivity index (χ4v) is 5.52. The zero-order valence-corrected chi connectivity index (χ0v) is 14.2. The van der Waals surface area contributed by atoms with Gasteiger partial charge in [0.15, 0.2) is 0 Å². The van der Waals surface area contributed by atoms with Gasteiger partial charge in [-0.05, 0) is 19.4 Å². The molecule has 114 valence electrons. The van der Waals surface area contributed by atoms with Gasteiger partial charge in [0.05, 0.1) is 6.04 Å². The van der Waals surface area contributed by atoms with Crippen LogP contribution in [0.15, 0.2) is 24.3 Å². The summed E-state index contributed by atoms with van der Waals surface area (Å²) in [7, 11) is 0. The second kappa shape index (κ2) is 6.63. The number of amides is 1. The lowest BCUT2D eigenvalue weighted by molar-refractivity contribution is -0.129. The van der Waals surface area contributed by atoms with Crippen molar-refractivity contribution in [2.24, 2.45) is 0 Å². The molecule has 0 radical (unpaired) electrons. The first-order chi connectivity index (χ1) is 10.1. The van der Waals surface area contributed by atoms with Crippen molar-refractivity contribution >= 4 is 29.4 Å². The van der Waals surface area contributed by atoms with E-state index in [2.05, 4.69) is 36.5 Å². The molecule has 2 fully saturated rings. The van der Waals surface area contributed by atoms with E-state index in [0.29, 0.717) is 5.25 Å². The minimum absolute atomic E-state index is 0.0284. The molecule has 2 heterocycles. The van der Waals surface area contributed by atoms with Gasteiger partial charge in [-0.3, -0.25) is 10.1 Å². The smallest absolute Gasteiger partial charge is 0.241 e. The van der Waals surface area contributed by atoms with Gasteiger partial charge in [-0.2, -0.15) is 23.5 Å². The third-order valence-corrected chi connectivity index (χ3v) is 6.88. The summed E-state index contributed by atoms with van der Waals surface area (Å²) in [6, 6.07) is 8.42. The first-order valence-electron chi connectivity index (χ1n) is 7.47. The Hall–Kier alpha value is -0.650. The molecule has 0 aliphatic carbocycles. The van der Waals surface area contributed by atoms with Gasteiger partial charge in [0.25, 0.3) is 0 Å². The summed E-state index contributed by atoms with van der Waals surface area (Å²) < 4.78 is 0. The minimum Gasteiger partial charge on any atom is -0.320 e. The number of thioether (sulfide) groups is 2. The Balaban J connectivity index is 1.77. The van der Waals surface area contributed by atoms with E-state index < -0.39 is 0 Å². The van der Waals surface area contributed by atoms with Crippen LogP contribution >= 0.6 is 23.5 Å². The van der Waals surface area contributed by atoms with Crippen LogP contribution in [0, 0.1) is 6.92 Å². The molecule has 1 N–H and O–H groups in total. The van der Waals surface area contributed by atoms with Gasteiger partial charge in [0, 0.05) is 29.1 Å². The molecule has 0 saturated carbocycles. The van der Waals surface area contributed by atoms with Crippen LogP contribution < -0.4 is 5.32 Å². The average Bonchev–Trinajstić information content (AvgIpc) is 2.78. The maximum absolute atomic E-state index is 12.5. The number of aryl methyl sites for hydroxylation is 1. The van der Waals surface area contributed by atoms with Gasteiger partial charge in [-0.25, -0.2) is 0 Å². The van der Waals surface area contributed by atoms with Crippen molar-refractivity contribution in [2.45, 2.75) is 31.3 Å². The normalized spacial score (nSPS) is 29.9. The number of nitrogens with zero attached hydrogens (tertiary/aromatic N) is 1. The van der Waals surface area contributed by atoms with E-state index in [1.54, 1.807) is 0 Å². The molecular formula is C16H22N2OS2. The molecule has 0 spiro atoms. The van der Waals surface area contributed by atoms with Gasteiger partial charge in [-0.15, -0.1) is 0 Å². The second-order valence-electron chi connectivity index (χ2n) is 5.76. The number of carbonyl (C=O) groups is 1. The molecule has 2 aliphatic rings. The van der Waals surface area contributed by atoms with E-state index in [1.165, 1.54) is 22.6 Å². The molecule has 5 heteroatoms. The number of rotatable bonds is 3. The predicted molar refractivity (Wildman–Crippen MR) is 91.8 cm³/mol. The summed E-state index contributed by atoms with van der Waals surface area (Å²) in [6.07, 6.45) is 0.0284. The molecule has 3 unspecified atom stereocenters. The molecule has 21 heavy (non-hydrogen) atoms. The van der Waals surface area contributed by atoms with Gasteiger partial charge in [-0.1, -0.05) is 29.8 Å². The number of benzene rings is 1. The van der Waals surface area contributed by atoms with E-state index >= 15 is 0 Å². The lowest BCUT2D eigenvalue weighted by Gasteiger charge is -2.30. The van der Waals surface area contributed by atoms with Crippen molar-refractivity contribution in [1.29, 1.82) is 0 Å². The molecule has 3 nitrogen and oxygen atoms in total. The van der Waals surface area contributed by atoms with E-state index in [4.69, 9.17) is 0 Å². The van der Waals surface area contributed by atoms with E-state index in [1.807, 2.05) is 35.3 Å². The summed E-state index contributed by atoms with van der Waals surface area (Å²) in [6.45, 7) is 4.91. The summed E-state index contributed by atoms with van der Waals surface area (Å²) in [5.74, 6) is 3.83. The standard InChI is InChI=1S/C16H22N2OS2/c1-11-3-5-13(6-4-11)15-17-12(2)16(19)18(15)9-14-10-20-7-8-21-14/h3-6,12,14-15,17H,7-10H2,1-2H3. The SMILES string of the molecule is Cc1ccc(C2NC(C)C(=O)N2CC2CSCCS2)cc1. The van der Waals surface area contributed by atoms with E-state index in [-0.39, 0.29) is 18.1 Å². The highest BCUT2D eigenvalue weighted by Crippen LogP contribution is 2.30. The Kier molecular flexibility index (Phi) is 4.82. The number of nitrogens with one attached hydrogen (secondary N) is 1. The Morgan fingerprint density at radius 3 is 2.71 bits per heavy atom. The van der Waals surface area contributed by atoms with Crippen LogP contribution in [0.5, 0.6) is 0 Å². The van der Waals surface area contributed by atoms with Crippen molar-refractivity contribution in [2.75, 3.05) is 23.8 Å². The zero-order valence-electron chi connectivity index (χ0n) is 12.5. The topological polar surface area (TPSA) is 32.3 Å².